The van der Waals surface area contributed by atoms with Gasteiger partial charge in [0.15, 0.2) is 11.5 Å². The Morgan fingerprint density at radius 1 is 1.07 bits per heavy atom. The number of benzene rings is 2. The summed E-state index contributed by atoms with van der Waals surface area (Å²) in [7, 11) is 0. The van der Waals surface area contributed by atoms with E-state index < -0.39 is 0 Å². The van der Waals surface area contributed by atoms with Crippen molar-refractivity contribution in [1.29, 1.82) is 0 Å². The number of carbonyl (C=O) groups is 1. The summed E-state index contributed by atoms with van der Waals surface area (Å²) in [6.07, 6.45) is 4.25. The molecule has 0 saturated carbocycles. The number of aromatic nitrogens is 2. The Morgan fingerprint density at radius 3 is 2.80 bits per heavy atom. The smallest absolute Gasteiger partial charge is 0.231 e. The number of rotatable bonds is 4. The van der Waals surface area contributed by atoms with Crippen molar-refractivity contribution in [2.45, 2.75) is 20.3 Å². The monoisotopic (exact) mass is 399 g/mol. The third kappa shape index (κ3) is 3.37. The zero-order chi connectivity index (χ0) is 20.7. The van der Waals surface area contributed by atoms with Gasteiger partial charge in [-0.3, -0.25) is 4.79 Å². The number of hydrogen-bond donors (Lipinski definition) is 1. The first-order valence-corrected chi connectivity index (χ1v) is 9.80. The molecule has 0 aliphatic carbocycles. The standard InChI is InChI=1S/C24H21N3O3/c1-15-5-7-18(20-13-27-9-3-4-16(2)24(27)26-20)12-19(15)25-23(28)11-17-6-8-21-22(10-17)30-14-29-21/h3-10,12-13H,11,14H2,1-2H3,(H,25,28). The molecular formula is C24H21N3O3. The summed E-state index contributed by atoms with van der Waals surface area (Å²) >= 11 is 0. The molecule has 1 aliphatic rings. The highest BCUT2D eigenvalue weighted by molar-refractivity contribution is 5.93. The van der Waals surface area contributed by atoms with Gasteiger partial charge in [0.25, 0.3) is 0 Å². The van der Waals surface area contributed by atoms with Gasteiger partial charge < -0.3 is 19.2 Å². The van der Waals surface area contributed by atoms with E-state index in [0.717, 1.165) is 39.3 Å². The molecular weight excluding hydrogens is 378 g/mol. The largest absolute Gasteiger partial charge is 0.454 e. The van der Waals surface area contributed by atoms with Gasteiger partial charge in [-0.15, -0.1) is 0 Å². The Bertz CT molecular complexity index is 1280. The molecule has 30 heavy (non-hydrogen) atoms. The second-order valence-corrected chi connectivity index (χ2v) is 7.49. The fourth-order valence-corrected chi connectivity index (χ4v) is 3.64. The van der Waals surface area contributed by atoms with Gasteiger partial charge in [0.1, 0.15) is 5.65 Å². The summed E-state index contributed by atoms with van der Waals surface area (Å²) in [5.74, 6) is 1.31. The molecule has 2 aromatic heterocycles. The molecule has 0 bridgehead atoms. The lowest BCUT2D eigenvalue weighted by Crippen LogP contribution is -2.15. The molecule has 3 heterocycles. The van der Waals surface area contributed by atoms with Crippen LogP contribution in [0.5, 0.6) is 11.5 Å². The zero-order valence-corrected chi connectivity index (χ0v) is 16.8. The van der Waals surface area contributed by atoms with Crippen LogP contribution < -0.4 is 14.8 Å². The molecule has 0 radical (unpaired) electrons. The number of aryl methyl sites for hydroxylation is 2. The van der Waals surface area contributed by atoms with Crippen molar-refractivity contribution >= 4 is 17.2 Å². The summed E-state index contributed by atoms with van der Waals surface area (Å²) in [5, 5.41) is 3.04. The minimum Gasteiger partial charge on any atom is -0.454 e. The van der Waals surface area contributed by atoms with Crippen LogP contribution in [0.4, 0.5) is 5.69 Å². The Kier molecular flexibility index (Phi) is 4.39. The average Bonchev–Trinajstić information content (AvgIpc) is 3.37. The van der Waals surface area contributed by atoms with E-state index in [-0.39, 0.29) is 19.1 Å². The van der Waals surface area contributed by atoms with Gasteiger partial charge in [-0.05, 0) is 54.8 Å². The van der Waals surface area contributed by atoms with E-state index in [1.807, 2.05) is 79.2 Å². The van der Waals surface area contributed by atoms with Crippen molar-refractivity contribution in [3.8, 4) is 22.8 Å². The van der Waals surface area contributed by atoms with Crippen molar-refractivity contribution in [3.05, 3.63) is 77.6 Å². The molecule has 0 fully saturated rings. The summed E-state index contributed by atoms with van der Waals surface area (Å²) in [6.45, 7) is 4.25. The SMILES string of the molecule is Cc1ccc(-c2cn3cccc(C)c3n2)cc1NC(=O)Cc1ccc2c(c1)OCO2. The third-order valence-corrected chi connectivity index (χ3v) is 5.29. The number of pyridine rings is 1. The lowest BCUT2D eigenvalue weighted by Gasteiger charge is -2.10. The number of hydrogen-bond acceptors (Lipinski definition) is 4. The van der Waals surface area contributed by atoms with Crippen LogP contribution in [0.15, 0.2) is 60.9 Å². The maximum atomic E-state index is 12.7. The number of ether oxygens (including phenoxy) is 2. The predicted octanol–water partition coefficient (Wildman–Crippen LogP) is 4.53. The van der Waals surface area contributed by atoms with Crippen molar-refractivity contribution < 1.29 is 14.3 Å². The van der Waals surface area contributed by atoms with Gasteiger partial charge in [0, 0.05) is 23.6 Å². The second-order valence-electron chi connectivity index (χ2n) is 7.49. The van der Waals surface area contributed by atoms with Crippen LogP contribution in [0, 0.1) is 13.8 Å². The van der Waals surface area contributed by atoms with Crippen molar-refractivity contribution in [2.75, 3.05) is 12.1 Å². The Morgan fingerprint density at radius 2 is 1.93 bits per heavy atom. The average molecular weight is 399 g/mol. The van der Waals surface area contributed by atoms with E-state index in [9.17, 15) is 4.79 Å². The molecule has 5 rings (SSSR count). The van der Waals surface area contributed by atoms with Crippen molar-refractivity contribution in [2.24, 2.45) is 0 Å². The molecule has 1 N–H and O–H groups in total. The highest BCUT2D eigenvalue weighted by atomic mass is 16.7. The Balaban J connectivity index is 1.38. The number of carbonyl (C=O) groups excluding carboxylic acids is 1. The van der Waals surface area contributed by atoms with Crippen molar-refractivity contribution in [1.82, 2.24) is 9.38 Å². The van der Waals surface area contributed by atoms with Crippen LogP contribution in [-0.2, 0) is 11.2 Å². The van der Waals surface area contributed by atoms with Crippen LogP contribution in [0.2, 0.25) is 0 Å². The molecule has 1 amide bonds. The Labute approximate surface area is 174 Å². The van der Waals surface area contributed by atoms with Crippen LogP contribution >= 0.6 is 0 Å². The highest BCUT2D eigenvalue weighted by Gasteiger charge is 2.15. The summed E-state index contributed by atoms with van der Waals surface area (Å²) in [4.78, 5) is 17.4. The van der Waals surface area contributed by atoms with E-state index in [4.69, 9.17) is 14.5 Å². The molecule has 0 saturated heterocycles. The van der Waals surface area contributed by atoms with Gasteiger partial charge >= 0.3 is 0 Å². The maximum absolute atomic E-state index is 12.7. The number of nitrogens with one attached hydrogen (secondary N) is 1. The van der Waals surface area contributed by atoms with Gasteiger partial charge in [-0.25, -0.2) is 4.98 Å². The second kappa shape index (κ2) is 7.22. The minimum atomic E-state index is -0.0834. The van der Waals surface area contributed by atoms with E-state index in [1.165, 1.54) is 0 Å². The normalized spacial score (nSPS) is 12.3. The highest BCUT2D eigenvalue weighted by Crippen LogP contribution is 2.33. The van der Waals surface area contributed by atoms with Crippen LogP contribution in [0.25, 0.3) is 16.9 Å². The van der Waals surface area contributed by atoms with E-state index in [1.54, 1.807) is 0 Å². The number of amides is 1. The molecule has 0 unspecified atom stereocenters. The quantitative estimate of drug-likeness (QED) is 0.548. The van der Waals surface area contributed by atoms with Crippen LogP contribution in [-0.4, -0.2) is 22.1 Å². The molecule has 2 aromatic carbocycles. The minimum absolute atomic E-state index is 0.0834. The zero-order valence-electron chi connectivity index (χ0n) is 16.8. The molecule has 0 spiro atoms. The van der Waals surface area contributed by atoms with Gasteiger partial charge in [0.2, 0.25) is 12.7 Å². The fraction of sp³-hybridized carbons (Fsp3) is 0.167. The van der Waals surface area contributed by atoms with Gasteiger partial charge in [-0.1, -0.05) is 24.3 Å². The summed E-state index contributed by atoms with van der Waals surface area (Å²) in [6, 6.07) is 15.6. The first kappa shape index (κ1) is 18.2. The van der Waals surface area contributed by atoms with Crippen molar-refractivity contribution in [3.63, 3.8) is 0 Å². The number of anilines is 1. The maximum Gasteiger partial charge on any atom is 0.231 e. The third-order valence-electron chi connectivity index (χ3n) is 5.29. The van der Waals surface area contributed by atoms with Gasteiger partial charge in [-0.2, -0.15) is 0 Å². The molecule has 4 aromatic rings. The van der Waals surface area contributed by atoms with E-state index in [0.29, 0.717) is 11.5 Å². The molecule has 6 nitrogen and oxygen atoms in total. The molecule has 6 heteroatoms. The molecule has 0 atom stereocenters. The van der Waals surface area contributed by atoms with E-state index >= 15 is 0 Å². The fourth-order valence-electron chi connectivity index (χ4n) is 3.64. The number of fused-ring (bicyclic) bond motifs is 2. The Hall–Kier alpha value is -3.80. The van der Waals surface area contributed by atoms with E-state index in [2.05, 4.69) is 5.32 Å². The van der Waals surface area contributed by atoms with Crippen LogP contribution in [0.1, 0.15) is 16.7 Å². The lowest BCUT2D eigenvalue weighted by atomic mass is 10.1. The lowest BCUT2D eigenvalue weighted by molar-refractivity contribution is -0.115. The molecule has 1 aliphatic heterocycles. The number of imidazole rings is 1. The summed E-state index contributed by atoms with van der Waals surface area (Å²) < 4.78 is 12.7. The van der Waals surface area contributed by atoms with Crippen LogP contribution in [0.3, 0.4) is 0 Å². The first-order chi connectivity index (χ1) is 14.6. The molecule has 150 valence electrons. The topological polar surface area (TPSA) is 64.9 Å². The first-order valence-electron chi connectivity index (χ1n) is 9.80. The van der Waals surface area contributed by atoms with Gasteiger partial charge in [0.05, 0.1) is 12.1 Å². The number of nitrogens with zero attached hydrogens (tertiary/aromatic N) is 2. The summed E-state index contributed by atoms with van der Waals surface area (Å²) in [5.41, 5.74) is 6.54. The predicted molar refractivity (Wildman–Crippen MR) is 115 cm³/mol.